The smallest absolute Gasteiger partial charge is 0.271 e. The van der Waals surface area contributed by atoms with E-state index >= 15 is 0 Å². The molecule has 1 atom stereocenters. The second-order valence-corrected chi connectivity index (χ2v) is 5.04. The van der Waals surface area contributed by atoms with Crippen molar-refractivity contribution in [2.45, 2.75) is 12.2 Å². The van der Waals surface area contributed by atoms with Gasteiger partial charge in [0.25, 0.3) is 0 Å². The molecule has 0 spiro atoms. The van der Waals surface area contributed by atoms with Gasteiger partial charge in [0.05, 0.1) is 11.6 Å². The largest absolute Gasteiger partial charge is 0.416 e. The number of halogens is 4. The molecular weight excluding hydrogens is 335 g/mol. The fourth-order valence-corrected chi connectivity index (χ4v) is 2.34. The van der Waals surface area contributed by atoms with Gasteiger partial charge in [-0.25, -0.2) is 5.43 Å². The van der Waals surface area contributed by atoms with E-state index in [0.29, 0.717) is 10.0 Å². The number of alkyl halides is 3. The lowest BCUT2D eigenvalue weighted by molar-refractivity contribution is -0.138. The Morgan fingerprint density at radius 1 is 1.20 bits per heavy atom. The van der Waals surface area contributed by atoms with Crippen LogP contribution in [0.5, 0.6) is 0 Å². The predicted octanol–water partition coefficient (Wildman–Crippen LogP) is 3.42. The molecule has 20 heavy (non-hydrogen) atoms. The zero-order valence-electron chi connectivity index (χ0n) is 10.2. The van der Waals surface area contributed by atoms with E-state index in [-0.39, 0.29) is 5.56 Å². The third-order valence-electron chi connectivity index (χ3n) is 2.80. The van der Waals surface area contributed by atoms with Crippen LogP contribution in [-0.4, -0.2) is 4.98 Å². The molecule has 3 N–H and O–H groups in total. The van der Waals surface area contributed by atoms with E-state index in [2.05, 4.69) is 26.3 Å². The zero-order valence-corrected chi connectivity index (χ0v) is 11.7. The van der Waals surface area contributed by atoms with Crippen molar-refractivity contribution in [3.63, 3.8) is 0 Å². The summed E-state index contributed by atoms with van der Waals surface area (Å²) in [4.78, 5) is 3.95. The maximum Gasteiger partial charge on any atom is 0.416 e. The van der Waals surface area contributed by atoms with E-state index in [9.17, 15) is 13.2 Å². The summed E-state index contributed by atoms with van der Waals surface area (Å²) in [6.07, 6.45) is -1.42. The number of hydrogen-bond acceptors (Lipinski definition) is 3. The molecule has 7 heteroatoms. The third-order valence-corrected chi connectivity index (χ3v) is 3.24. The third kappa shape index (κ3) is 3.17. The maximum absolute atomic E-state index is 13.0. The summed E-state index contributed by atoms with van der Waals surface area (Å²) in [7, 11) is 0. The minimum Gasteiger partial charge on any atom is -0.271 e. The molecule has 1 aromatic heterocycles. The minimum absolute atomic E-state index is 0.0578. The Bertz CT molecular complexity index is 601. The van der Waals surface area contributed by atoms with Crippen molar-refractivity contribution < 1.29 is 13.2 Å². The molecule has 2 aromatic rings. The van der Waals surface area contributed by atoms with Gasteiger partial charge in [0, 0.05) is 16.9 Å². The maximum atomic E-state index is 13.0. The topological polar surface area (TPSA) is 50.9 Å². The van der Waals surface area contributed by atoms with Gasteiger partial charge in [-0.2, -0.15) is 13.2 Å². The molecule has 0 radical (unpaired) electrons. The van der Waals surface area contributed by atoms with Crippen molar-refractivity contribution in [1.82, 2.24) is 10.4 Å². The summed E-state index contributed by atoms with van der Waals surface area (Å²) < 4.78 is 39.8. The molecule has 1 unspecified atom stereocenters. The molecule has 0 fully saturated rings. The van der Waals surface area contributed by atoms with E-state index in [1.807, 2.05) is 0 Å². The Hall–Kier alpha value is -1.44. The lowest BCUT2D eigenvalue weighted by atomic mass is 9.95. The van der Waals surface area contributed by atoms with Gasteiger partial charge in [-0.1, -0.05) is 18.2 Å². The molecule has 0 saturated heterocycles. The van der Waals surface area contributed by atoms with E-state index in [1.54, 1.807) is 18.3 Å². The van der Waals surface area contributed by atoms with Gasteiger partial charge in [0.2, 0.25) is 0 Å². The van der Waals surface area contributed by atoms with Gasteiger partial charge in [0.15, 0.2) is 0 Å². The zero-order chi connectivity index (χ0) is 14.8. The molecule has 0 aliphatic heterocycles. The van der Waals surface area contributed by atoms with Crippen LogP contribution in [0.25, 0.3) is 0 Å². The first-order valence-electron chi connectivity index (χ1n) is 5.66. The summed E-state index contributed by atoms with van der Waals surface area (Å²) in [6, 6.07) is 6.20. The van der Waals surface area contributed by atoms with E-state index in [4.69, 9.17) is 5.84 Å². The monoisotopic (exact) mass is 345 g/mol. The molecule has 0 saturated carbocycles. The second-order valence-electron chi connectivity index (χ2n) is 4.12. The number of aromatic nitrogens is 1. The SMILES string of the molecule is NNC(c1cncc(Br)c1)c1ccccc1C(F)(F)F. The van der Waals surface area contributed by atoms with E-state index < -0.39 is 17.8 Å². The molecule has 1 aromatic carbocycles. The molecule has 0 aliphatic carbocycles. The molecule has 2 rings (SSSR count). The Balaban J connectivity index is 2.53. The quantitative estimate of drug-likeness (QED) is 0.662. The molecule has 0 amide bonds. The predicted molar refractivity (Wildman–Crippen MR) is 72.5 cm³/mol. The molecule has 0 aliphatic rings. The van der Waals surface area contributed by atoms with Crippen molar-refractivity contribution in [3.05, 3.63) is 63.9 Å². The lowest BCUT2D eigenvalue weighted by Gasteiger charge is -2.21. The van der Waals surface area contributed by atoms with Crippen molar-refractivity contribution in [2.24, 2.45) is 5.84 Å². The van der Waals surface area contributed by atoms with Gasteiger partial charge in [-0.05, 0) is 39.2 Å². The van der Waals surface area contributed by atoms with Crippen LogP contribution in [0.15, 0.2) is 47.2 Å². The number of nitrogens with two attached hydrogens (primary N) is 1. The number of benzene rings is 1. The van der Waals surface area contributed by atoms with Crippen molar-refractivity contribution in [3.8, 4) is 0 Å². The number of nitrogens with zero attached hydrogens (tertiary/aromatic N) is 1. The van der Waals surface area contributed by atoms with Crippen LogP contribution in [0.4, 0.5) is 13.2 Å². The highest BCUT2D eigenvalue weighted by Gasteiger charge is 2.35. The van der Waals surface area contributed by atoms with Crippen molar-refractivity contribution in [2.75, 3.05) is 0 Å². The standard InChI is InChI=1S/C13H11BrF3N3/c14-9-5-8(6-19-7-9)12(20-18)10-3-1-2-4-11(10)13(15,16)17/h1-7,12,20H,18H2. The average Bonchev–Trinajstić information content (AvgIpc) is 2.39. The lowest BCUT2D eigenvalue weighted by Crippen LogP contribution is -2.30. The van der Waals surface area contributed by atoms with Crippen LogP contribution >= 0.6 is 15.9 Å². The summed E-state index contributed by atoms with van der Waals surface area (Å²) in [6.45, 7) is 0. The molecule has 1 heterocycles. The molecule has 3 nitrogen and oxygen atoms in total. The fourth-order valence-electron chi connectivity index (χ4n) is 1.96. The van der Waals surface area contributed by atoms with E-state index in [0.717, 1.165) is 6.07 Å². The van der Waals surface area contributed by atoms with Crippen LogP contribution in [0.3, 0.4) is 0 Å². The minimum atomic E-state index is -4.44. The second kappa shape index (κ2) is 5.90. The summed E-state index contributed by atoms with van der Waals surface area (Å²) in [5.74, 6) is 5.44. The Morgan fingerprint density at radius 3 is 2.50 bits per heavy atom. The van der Waals surface area contributed by atoms with Crippen molar-refractivity contribution in [1.29, 1.82) is 0 Å². The first-order chi connectivity index (χ1) is 9.43. The van der Waals surface area contributed by atoms with Gasteiger partial charge in [-0.15, -0.1) is 0 Å². The first-order valence-corrected chi connectivity index (χ1v) is 6.45. The van der Waals surface area contributed by atoms with Crippen LogP contribution in [0, 0.1) is 0 Å². The Kier molecular flexibility index (Phi) is 4.42. The summed E-state index contributed by atoms with van der Waals surface area (Å²) >= 11 is 3.24. The van der Waals surface area contributed by atoms with Crippen LogP contribution in [0.2, 0.25) is 0 Å². The van der Waals surface area contributed by atoms with Gasteiger partial charge >= 0.3 is 6.18 Å². The fraction of sp³-hybridized carbons (Fsp3) is 0.154. The summed E-state index contributed by atoms with van der Waals surface area (Å²) in [5.41, 5.74) is 2.29. The van der Waals surface area contributed by atoms with Crippen molar-refractivity contribution >= 4 is 15.9 Å². The highest BCUT2D eigenvalue weighted by Crippen LogP contribution is 2.36. The van der Waals surface area contributed by atoms with Crippen LogP contribution in [0.1, 0.15) is 22.7 Å². The molecule has 106 valence electrons. The highest BCUT2D eigenvalue weighted by molar-refractivity contribution is 9.10. The van der Waals surface area contributed by atoms with Crippen LogP contribution < -0.4 is 11.3 Å². The van der Waals surface area contributed by atoms with E-state index in [1.165, 1.54) is 18.3 Å². The highest BCUT2D eigenvalue weighted by atomic mass is 79.9. The number of rotatable bonds is 3. The normalized spacial score (nSPS) is 13.2. The van der Waals surface area contributed by atoms with Crippen LogP contribution in [-0.2, 0) is 6.18 Å². The Labute approximate surface area is 122 Å². The number of hydrazine groups is 1. The average molecular weight is 346 g/mol. The van der Waals surface area contributed by atoms with Gasteiger partial charge in [-0.3, -0.25) is 10.8 Å². The van der Waals surface area contributed by atoms with Gasteiger partial charge in [0.1, 0.15) is 0 Å². The number of pyridine rings is 1. The first kappa shape index (κ1) is 15.0. The molecule has 0 bridgehead atoms. The number of nitrogens with one attached hydrogen (secondary N) is 1. The molecular formula is C13H11BrF3N3. The summed E-state index contributed by atoms with van der Waals surface area (Å²) in [5, 5.41) is 0. The van der Waals surface area contributed by atoms with Gasteiger partial charge < -0.3 is 0 Å². The Morgan fingerprint density at radius 2 is 1.90 bits per heavy atom. The number of hydrogen-bond donors (Lipinski definition) is 2.